The maximum Gasteiger partial charge on any atom is 0.0943 e. The second-order valence-corrected chi connectivity index (χ2v) is 3.64. The molecule has 1 aromatic rings. The molecule has 0 spiro atoms. The van der Waals surface area contributed by atoms with Crippen LogP contribution in [0, 0.1) is 6.92 Å². The van der Waals surface area contributed by atoms with E-state index in [0.29, 0.717) is 0 Å². The Morgan fingerprint density at radius 2 is 2.00 bits per heavy atom. The lowest BCUT2D eigenvalue weighted by Crippen LogP contribution is -1.99. The lowest BCUT2D eigenvalue weighted by Gasteiger charge is -2.06. The molecule has 0 unspecified atom stereocenters. The maximum atomic E-state index is 9.52. The summed E-state index contributed by atoms with van der Waals surface area (Å²) in [6.07, 6.45) is 1.64. The molecule has 0 radical (unpaired) electrons. The highest BCUT2D eigenvalue weighted by atomic mass is 16.5. The molecule has 2 heterocycles. The fourth-order valence-electron chi connectivity index (χ4n) is 1.92. The van der Waals surface area contributed by atoms with Gasteiger partial charge in [0.2, 0.25) is 0 Å². The van der Waals surface area contributed by atoms with Gasteiger partial charge in [-0.2, -0.15) is 4.73 Å². The third-order valence-corrected chi connectivity index (χ3v) is 2.75. The molecular weight excluding hydrogens is 188 g/mol. The predicted molar refractivity (Wildman–Crippen MR) is 58.3 cm³/mol. The van der Waals surface area contributed by atoms with Gasteiger partial charge in [0, 0.05) is 17.1 Å². The molecule has 0 bridgehead atoms. The van der Waals surface area contributed by atoms with Crippen LogP contribution in [-0.2, 0) is 0 Å². The van der Waals surface area contributed by atoms with E-state index in [4.69, 9.17) is 0 Å². The average molecular weight is 198 g/mol. The molecule has 2 aliphatic heterocycles. The first-order valence-corrected chi connectivity index (χ1v) is 4.83. The molecule has 15 heavy (non-hydrogen) atoms. The van der Waals surface area contributed by atoms with Crippen LogP contribution in [0.3, 0.4) is 0 Å². The lowest BCUT2D eigenvalue weighted by molar-refractivity contribution is 0.178. The van der Waals surface area contributed by atoms with E-state index >= 15 is 0 Å². The monoisotopic (exact) mass is 198 g/mol. The summed E-state index contributed by atoms with van der Waals surface area (Å²) in [6, 6.07) is 9.88. The molecular formula is C12H10N2O. The Balaban J connectivity index is 2.52. The number of nitrogens with zero attached hydrogens (tertiary/aromatic N) is 2. The molecule has 0 aliphatic carbocycles. The molecule has 1 aromatic carbocycles. The van der Waals surface area contributed by atoms with E-state index in [9.17, 15) is 5.21 Å². The summed E-state index contributed by atoms with van der Waals surface area (Å²) in [4.78, 5) is 4.49. The normalized spacial score (nSPS) is 11.3. The van der Waals surface area contributed by atoms with Crippen LogP contribution in [0.15, 0.2) is 36.5 Å². The number of para-hydroxylation sites is 1. The molecule has 2 aliphatic rings. The van der Waals surface area contributed by atoms with E-state index < -0.39 is 0 Å². The van der Waals surface area contributed by atoms with Crippen molar-refractivity contribution in [2.75, 3.05) is 0 Å². The Morgan fingerprint density at radius 3 is 2.87 bits per heavy atom. The van der Waals surface area contributed by atoms with Crippen LogP contribution in [0.5, 0.6) is 0 Å². The second kappa shape index (κ2) is 2.73. The minimum absolute atomic E-state index is 0.767. The SMILES string of the molecule is Cc1c2nc3ccccc3c-2ccn1O. The Morgan fingerprint density at radius 1 is 1.20 bits per heavy atom. The first-order valence-electron chi connectivity index (χ1n) is 4.83. The van der Waals surface area contributed by atoms with Crippen molar-refractivity contribution in [3.8, 4) is 11.3 Å². The largest absolute Gasteiger partial charge is 0.429 e. The van der Waals surface area contributed by atoms with Gasteiger partial charge in [-0.15, -0.1) is 0 Å². The molecule has 0 fully saturated rings. The molecule has 0 saturated heterocycles. The van der Waals surface area contributed by atoms with Crippen molar-refractivity contribution in [2.45, 2.75) is 6.92 Å². The van der Waals surface area contributed by atoms with Gasteiger partial charge in [-0.3, -0.25) is 0 Å². The minimum atomic E-state index is 0.767. The van der Waals surface area contributed by atoms with Gasteiger partial charge in [-0.05, 0) is 19.1 Å². The topological polar surface area (TPSA) is 38.0 Å². The Bertz CT molecular complexity index is 612. The first-order chi connectivity index (χ1) is 7.27. The Labute approximate surface area is 86.9 Å². The molecule has 74 valence electrons. The molecule has 0 atom stereocenters. The second-order valence-electron chi connectivity index (χ2n) is 3.64. The standard InChI is InChI=1S/C12H10N2O/c1-8-12-10(6-7-14(8)15)9-4-2-3-5-11(9)13-12/h2-7,15H,1H3. The third kappa shape index (κ3) is 1.03. The van der Waals surface area contributed by atoms with Crippen LogP contribution in [0.2, 0.25) is 0 Å². The van der Waals surface area contributed by atoms with Gasteiger partial charge in [0.05, 0.1) is 16.9 Å². The number of hydrogen-bond donors (Lipinski definition) is 1. The first kappa shape index (κ1) is 8.29. The Kier molecular flexibility index (Phi) is 1.51. The fraction of sp³-hybridized carbons (Fsp3) is 0.0833. The van der Waals surface area contributed by atoms with Crippen molar-refractivity contribution in [1.29, 1.82) is 0 Å². The van der Waals surface area contributed by atoms with E-state index in [0.717, 1.165) is 32.6 Å². The van der Waals surface area contributed by atoms with Crippen LogP contribution in [0.4, 0.5) is 0 Å². The summed E-state index contributed by atoms with van der Waals surface area (Å²) in [5, 5.41) is 10.7. The van der Waals surface area contributed by atoms with Crippen LogP contribution >= 0.6 is 0 Å². The van der Waals surface area contributed by atoms with Crippen LogP contribution in [0.25, 0.3) is 22.2 Å². The molecule has 3 heteroatoms. The van der Waals surface area contributed by atoms with Gasteiger partial charge in [0.25, 0.3) is 0 Å². The molecule has 3 rings (SSSR count). The van der Waals surface area contributed by atoms with Gasteiger partial charge in [-0.1, -0.05) is 18.2 Å². The summed E-state index contributed by atoms with van der Waals surface area (Å²) in [5.74, 6) is 0. The highest BCUT2D eigenvalue weighted by Gasteiger charge is 2.14. The van der Waals surface area contributed by atoms with Gasteiger partial charge >= 0.3 is 0 Å². The van der Waals surface area contributed by atoms with Crippen molar-refractivity contribution in [3.63, 3.8) is 0 Å². The number of pyridine rings is 1. The number of hydrogen-bond acceptors (Lipinski definition) is 2. The molecule has 0 aromatic heterocycles. The fourth-order valence-corrected chi connectivity index (χ4v) is 1.92. The molecule has 0 saturated carbocycles. The van der Waals surface area contributed by atoms with Crippen molar-refractivity contribution in [3.05, 3.63) is 42.2 Å². The zero-order chi connectivity index (χ0) is 10.4. The van der Waals surface area contributed by atoms with Crippen molar-refractivity contribution in [1.82, 2.24) is 9.71 Å². The maximum absolute atomic E-state index is 9.52. The van der Waals surface area contributed by atoms with E-state index in [1.807, 2.05) is 37.3 Å². The zero-order valence-electron chi connectivity index (χ0n) is 8.31. The van der Waals surface area contributed by atoms with E-state index in [-0.39, 0.29) is 0 Å². The lowest BCUT2D eigenvalue weighted by atomic mass is 10.1. The van der Waals surface area contributed by atoms with Crippen molar-refractivity contribution < 1.29 is 5.21 Å². The third-order valence-electron chi connectivity index (χ3n) is 2.75. The van der Waals surface area contributed by atoms with Gasteiger partial charge < -0.3 is 5.21 Å². The minimum Gasteiger partial charge on any atom is -0.429 e. The van der Waals surface area contributed by atoms with E-state index in [1.165, 1.54) is 0 Å². The van der Waals surface area contributed by atoms with Crippen molar-refractivity contribution >= 4 is 10.9 Å². The van der Waals surface area contributed by atoms with Crippen LogP contribution < -0.4 is 0 Å². The number of rotatable bonds is 0. The zero-order valence-corrected chi connectivity index (χ0v) is 8.31. The van der Waals surface area contributed by atoms with Crippen LogP contribution in [0.1, 0.15) is 5.69 Å². The number of aromatic nitrogens is 2. The number of benzene rings is 1. The summed E-state index contributed by atoms with van der Waals surface area (Å²) in [7, 11) is 0. The van der Waals surface area contributed by atoms with Gasteiger partial charge in [-0.25, -0.2) is 4.98 Å². The van der Waals surface area contributed by atoms with E-state index in [1.54, 1.807) is 6.20 Å². The van der Waals surface area contributed by atoms with Crippen LogP contribution in [-0.4, -0.2) is 14.9 Å². The Hall–Kier alpha value is -2.03. The number of fused-ring (bicyclic) bond motifs is 3. The highest BCUT2D eigenvalue weighted by molar-refractivity contribution is 5.97. The summed E-state index contributed by atoms with van der Waals surface area (Å²) in [6.45, 7) is 1.86. The summed E-state index contributed by atoms with van der Waals surface area (Å²) >= 11 is 0. The quantitative estimate of drug-likeness (QED) is 0.564. The van der Waals surface area contributed by atoms with Gasteiger partial charge in [0.15, 0.2) is 0 Å². The summed E-state index contributed by atoms with van der Waals surface area (Å²) in [5.41, 5.74) is 3.69. The van der Waals surface area contributed by atoms with E-state index in [2.05, 4.69) is 4.98 Å². The molecule has 1 N–H and O–H groups in total. The molecule has 0 amide bonds. The predicted octanol–water partition coefficient (Wildman–Crippen LogP) is 2.69. The smallest absolute Gasteiger partial charge is 0.0943 e. The van der Waals surface area contributed by atoms with Gasteiger partial charge in [0.1, 0.15) is 0 Å². The summed E-state index contributed by atoms with van der Waals surface area (Å²) < 4.78 is 1.11. The average Bonchev–Trinajstić information content (AvgIpc) is 2.63. The van der Waals surface area contributed by atoms with Crippen molar-refractivity contribution in [2.24, 2.45) is 0 Å². The molecule has 3 nitrogen and oxygen atoms in total. The highest BCUT2D eigenvalue weighted by Crippen LogP contribution is 2.32.